The average molecular weight is 248 g/mol. The molecule has 2 aromatic rings. The fourth-order valence-corrected chi connectivity index (χ4v) is 1.91. The van der Waals surface area contributed by atoms with Crippen molar-refractivity contribution in [2.45, 2.75) is 6.92 Å². The van der Waals surface area contributed by atoms with Crippen molar-refractivity contribution in [3.05, 3.63) is 92.0 Å². The zero-order chi connectivity index (χ0) is 14.1. The van der Waals surface area contributed by atoms with E-state index in [2.05, 4.69) is 74.3 Å². The number of rotatable bonds is 3. The van der Waals surface area contributed by atoms with Gasteiger partial charge in [0.05, 0.1) is 0 Å². The largest absolute Gasteiger partial charge is 0.106 e. The lowest BCUT2D eigenvalue weighted by Gasteiger charge is -2.06. The smallest absolute Gasteiger partial charge is 0.0178 e. The highest BCUT2D eigenvalue weighted by molar-refractivity contribution is 5.77. The van der Waals surface area contributed by atoms with Crippen LogP contribution < -0.4 is 0 Å². The van der Waals surface area contributed by atoms with Gasteiger partial charge in [0.1, 0.15) is 0 Å². The summed E-state index contributed by atoms with van der Waals surface area (Å²) in [6, 6.07) is 19.0. The van der Waals surface area contributed by atoms with Gasteiger partial charge in [0.2, 0.25) is 0 Å². The van der Waals surface area contributed by atoms with Crippen molar-refractivity contribution in [1.29, 1.82) is 0 Å². The van der Waals surface area contributed by atoms with Gasteiger partial charge >= 0.3 is 0 Å². The Labute approximate surface area is 116 Å². The summed E-state index contributed by atoms with van der Waals surface area (Å²) in [6.07, 6.45) is 3.97. The second kappa shape index (κ2) is 7.88. The number of allylic oxidation sites excluding steroid dienone is 3. The van der Waals surface area contributed by atoms with Crippen molar-refractivity contribution in [3.63, 3.8) is 0 Å². The first-order chi connectivity index (χ1) is 9.35. The van der Waals surface area contributed by atoms with Gasteiger partial charge in [-0.1, -0.05) is 67.3 Å². The molecule has 0 saturated heterocycles. The fraction of sp³-hybridized carbons (Fsp3) is 0.0526. The second-order valence-electron chi connectivity index (χ2n) is 3.89. The van der Waals surface area contributed by atoms with Crippen LogP contribution >= 0.6 is 0 Å². The monoisotopic (exact) mass is 248 g/mol. The molecular formula is C19H20. The molecule has 0 aliphatic heterocycles. The van der Waals surface area contributed by atoms with Crippen molar-refractivity contribution in [2.24, 2.45) is 0 Å². The molecule has 0 spiro atoms. The minimum Gasteiger partial charge on any atom is -0.106 e. The normalized spacial score (nSPS) is 10.3. The van der Waals surface area contributed by atoms with Crippen LogP contribution in [0.15, 0.2) is 86.5 Å². The van der Waals surface area contributed by atoms with E-state index in [1.165, 1.54) is 22.3 Å². The molecule has 0 fully saturated rings. The molecule has 0 aliphatic rings. The first-order valence-corrected chi connectivity index (χ1v) is 6.29. The molecule has 0 heterocycles. The zero-order valence-corrected chi connectivity index (χ0v) is 11.5. The van der Waals surface area contributed by atoms with Crippen LogP contribution in [0.25, 0.3) is 16.7 Å². The summed E-state index contributed by atoms with van der Waals surface area (Å²) in [5.74, 6) is 0. The summed E-state index contributed by atoms with van der Waals surface area (Å²) in [5.41, 5.74) is 4.87. The zero-order valence-electron chi connectivity index (χ0n) is 11.5. The number of hydrogen-bond donors (Lipinski definition) is 0. The van der Waals surface area contributed by atoms with Gasteiger partial charge < -0.3 is 0 Å². The topological polar surface area (TPSA) is 0 Å². The summed E-state index contributed by atoms with van der Waals surface area (Å²) in [7, 11) is 0. The summed E-state index contributed by atoms with van der Waals surface area (Å²) in [6.45, 7) is 11.9. The predicted molar refractivity (Wildman–Crippen MR) is 87.0 cm³/mol. The average Bonchev–Trinajstić information content (AvgIpc) is 2.52. The summed E-state index contributed by atoms with van der Waals surface area (Å²) >= 11 is 0. The molecule has 2 rings (SSSR count). The van der Waals surface area contributed by atoms with Crippen LogP contribution in [0.1, 0.15) is 12.5 Å². The van der Waals surface area contributed by atoms with Crippen molar-refractivity contribution < 1.29 is 0 Å². The van der Waals surface area contributed by atoms with Gasteiger partial charge in [-0.25, -0.2) is 0 Å². The van der Waals surface area contributed by atoms with Crippen LogP contribution in [0.4, 0.5) is 0 Å². The van der Waals surface area contributed by atoms with Gasteiger partial charge in [0.15, 0.2) is 0 Å². The van der Waals surface area contributed by atoms with Crippen LogP contribution in [0.2, 0.25) is 0 Å². The maximum absolute atomic E-state index is 3.84. The van der Waals surface area contributed by atoms with E-state index in [0.29, 0.717) is 0 Å². The van der Waals surface area contributed by atoms with Gasteiger partial charge in [0.25, 0.3) is 0 Å². The molecule has 2 aromatic carbocycles. The van der Waals surface area contributed by atoms with Crippen LogP contribution in [0.3, 0.4) is 0 Å². The maximum Gasteiger partial charge on any atom is -0.0178 e. The Bertz CT molecular complexity index is 547. The highest BCUT2D eigenvalue weighted by atomic mass is 14.0. The van der Waals surface area contributed by atoms with Crippen molar-refractivity contribution >= 4 is 5.57 Å². The van der Waals surface area contributed by atoms with Crippen LogP contribution in [0, 0.1) is 0 Å². The van der Waals surface area contributed by atoms with E-state index in [4.69, 9.17) is 0 Å². The molecule has 0 atom stereocenters. The standard InChI is InChI=1S/C17H16.C2H4/c1-3-14(4-2)16-11-8-12-17(13-16)15-9-6-5-7-10-15;1-2/h3-13H,1H2,2H3;1-2H2/b14-4+;. The van der Waals surface area contributed by atoms with Gasteiger partial charge in [-0.2, -0.15) is 0 Å². The molecule has 0 aliphatic carbocycles. The molecule has 19 heavy (non-hydrogen) atoms. The van der Waals surface area contributed by atoms with Crippen molar-refractivity contribution in [3.8, 4) is 11.1 Å². The molecule has 0 amide bonds. The molecule has 0 radical (unpaired) electrons. The van der Waals surface area contributed by atoms with Gasteiger partial charge in [-0.3, -0.25) is 0 Å². The van der Waals surface area contributed by atoms with E-state index in [9.17, 15) is 0 Å². The lowest BCUT2D eigenvalue weighted by atomic mass is 9.99. The van der Waals surface area contributed by atoms with E-state index in [-0.39, 0.29) is 0 Å². The van der Waals surface area contributed by atoms with Crippen LogP contribution in [-0.4, -0.2) is 0 Å². The highest BCUT2D eigenvalue weighted by Gasteiger charge is 2.00. The fourth-order valence-electron chi connectivity index (χ4n) is 1.91. The van der Waals surface area contributed by atoms with Gasteiger partial charge in [-0.05, 0) is 35.3 Å². The van der Waals surface area contributed by atoms with Gasteiger partial charge in [0, 0.05) is 0 Å². The molecule has 0 heteroatoms. The third-order valence-electron chi connectivity index (χ3n) is 2.83. The molecule has 0 saturated carbocycles. The molecule has 0 bridgehead atoms. The summed E-state index contributed by atoms with van der Waals surface area (Å²) < 4.78 is 0. The first kappa shape index (κ1) is 14.7. The Hall–Kier alpha value is -2.34. The Morgan fingerprint density at radius 1 is 0.895 bits per heavy atom. The molecule has 0 aromatic heterocycles. The van der Waals surface area contributed by atoms with E-state index in [0.717, 1.165) is 0 Å². The summed E-state index contributed by atoms with van der Waals surface area (Å²) in [5, 5.41) is 0. The quantitative estimate of drug-likeness (QED) is 0.479. The minimum atomic E-state index is 1.17. The summed E-state index contributed by atoms with van der Waals surface area (Å²) in [4.78, 5) is 0. The lowest BCUT2D eigenvalue weighted by Crippen LogP contribution is -1.83. The third-order valence-corrected chi connectivity index (χ3v) is 2.83. The number of benzene rings is 2. The van der Waals surface area contributed by atoms with Crippen molar-refractivity contribution in [1.82, 2.24) is 0 Å². The molecule has 0 unspecified atom stereocenters. The molecule has 0 nitrogen and oxygen atoms in total. The van der Waals surface area contributed by atoms with E-state index in [1.54, 1.807) is 0 Å². The van der Waals surface area contributed by atoms with E-state index >= 15 is 0 Å². The lowest BCUT2D eigenvalue weighted by molar-refractivity contribution is 1.57. The molecule has 0 N–H and O–H groups in total. The highest BCUT2D eigenvalue weighted by Crippen LogP contribution is 2.23. The van der Waals surface area contributed by atoms with Crippen molar-refractivity contribution in [2.75, 3.05) is 0 Å². The maximum atomic E-state index is 3.84. The second-order valence-corrected chi connectivity index (χ2v) is 3.89. The van der Waals surface area contributed by atoms with E-state index < -0.39 is 0 Å². The SMILES string of the molecule is C=C.C=C/C(=C\C)c1cccc(-c2ccccc2)c1. The minimum absolute atomic E-state index is 1.17. The molecule has 96 valence electrons. The third kappa shape index (κ3) is 3.82. The Kier molecular flexibility index (Phi) is 6.11. The first-order valence-electron chi connectivity index (χ1n) is 6.29. The number of hydrogen-bond acceptors (Lipinski definition) is 0. The Morgan fingerprint density at radius 3 is 2.11 bits per heavy atom. The Morgan fingerprint density at radius 2 is 1.53 bits per heavy atom. The van der Waals surface area contributed by atoms with E-state index in [1.807, 2.05) is 19.1 Å². The molecular weight excluding hydrogens is 228 g/mol. The van der Waals surface area contributed by atoms with Crippen LogP contribution in [-0.2, 0) is 0 Å². The van der Waals surface area contributed by atoms with Gasteiger partial charge in [-0.15, -0.1) is 13.2 Å². The Balaban J connectivity index is 0.000000861. The predicted octanol–water partition coefficient (Wildman–Crippen LogP) is 5.75. The van der Waals surface area contributed by atoms with Crippen LogP contribution in [0.5, 0.6) is 0 Å².